The highest BCUT2D eigenvalue weighted by Crippen LogP contribution is 2.39. The van der Waals surface area contributed by atoms with E-state index in [0.717, 1.165) is 17.5 Å². The Kier molecular flexibility index (Phi) is 2.09. The number of nitrogens with one attached hydrogen (secondary N) is 2. The number of hydrogen-bond donors (Lipinski definition) is 2. The van der Waals surface area contributed by atoms with Crippen molar-refractivity contribution in [3.05, 3.63) is 29.8 Å². The molecule has 2 N–H and O–H groups in total. The second-order valence-corrected chi connectivity index (χ2v) is 4.10. The lowest BCUT2D eigenvalue weighted by atomic mass is 10.3. The summed E-state index contributed by atoms with van der Waals surface area (Å²) in [6.07, 6.45) is 4.28. The third-order valence-electron chi connectivity index (χ3n) is 2.65. The van der Waals surface area contributed by atoms with E-state index in [1.54, 1.807) is 6.20 Å². The Labute approximate surface area is 93.3 Å². The van der Waals surface area contributed by atoms with Crippen LogP contribution in [-0.4, -0.2) is 20.2 Å². The Hall–Kier alpha value is -1.91. The highest BCUT2D eigenvalue weighted by Gasteiger charge is 2.25. The van der Waals surface area contributed by atoms with Gasteiger partial charge < -0.3 is 5.32 Å². The Balaban J connectivity index is 1.77. The number of H-pyrrole nitrogens is 1. The molecule has 1 saturated carbocycles. The van der Waals surface area contributed by atoms with Crippen LogP contribution in [0.25, 0.3) is 0 Å². The van der Waals surface area contributed by atoms with Crippen molar-refractivity contribution >= 4 is 11.6 Å². The average Bonchev–Trinajstić information content (AvgIpc) is 3.01. The lowest BCUT2D eigenvalue weighted by Gasteiger charge is -2.00. The second-order valence-electron chi connectivity index (χ2n) is 4.10. The van der Waals surface area contributed by atoms with E-state index in [1.165, 1.54) is 18.5 Å². The molecule has 3 rings (SSSR count). The van der Waals surface area contributed by atoms with E-state index >= 15 is 0 Å². The van der Waals surface area contributed by atoms with Crippen molar-refractivity contribution in [3.63, 3.8) is 0 Å². The SMILES string of the molecule is Cc1nccc(Nc2cc(C3CC3)[nH]n2)n1. The van der Waals surface area contributed by atoms with Gasteiger partial charge in [0, 0.05) is 23.9 Å². The van der Waals surface area contributed by atoms with Crippen molar-refractivity contribution in [3.8, 4) is 0 Å². The summed E-state index contributed by atoms with van der Waals surface area (Å²) in [5, 5.41) is 10.4. The molecule has 0 unspecified atom stereocenters. The molecular formula is C11H13N5. The summed E-state index contributed by atoms with van der Waals surface area (Å²) in [5.41, 5.74) is 1.22. The van der Waals surface area contributed by atoms with Gasteiger partial charge in [0.1, 0.15) is 11.6 Å². The minimum absolute atomic E-state index is 0.690. The van der Waals surface area contributed by atoms with Gasteiger partial charge in [0.25, 0.3) is 0 Å². The summed E-state index contributed by atoms with van der Waals surface area (Å²) in [6, 6.07) is 3.88. The summed E-state index contributed by atoms with van der Waals surface area (Å²) in [5.74, 6) is 3.04. The van der Waals surface area contributed by atoms with E-state index in [2.05, 4.69) is 31.5 Å². The Morgan fingerprint density at radius 1 is 1.38 bits per heavy atom. The highest BCUT2D eigenvalue weighted by atomic mass is 15.2. The molecule has 5 nitrogen and oxygen atoms in total. The Morgan fingerprint density at radius 2 is 2.25 bits per heavy atom. The molecule has 0 bridgehead atoms. The number of anilines is 2. The molecular weight excluding hydrogens is 202 g/mol. The van der Waals surface area contributed by atoms with Crippen LogP contribution in [0.15, 0.2) is 18.3 Å². The van der Waals surface area contributed by atoms with E-state index in [4.69, 9.17) is 0 Å². The molecule has 82 valence electrons. The molecule has 2 heterocycles. The van der Waals surface area contributed by atoms with E-state index in [1.807, 2.05) is 13.0 Å². The number of aromatic nitrogens is 4. The van der Waals surface area contributed by atoms with Gasteiger partial charge in [-0.15, -0.1) is 0 Å². The molecule has 0 aromatic carbocycles. The Bertz CT molecular complexity index is 501. The van der Waals surface area contributed by atoms with Crippen molar-refractivity contribution in [1.29, 1.82) is 0 Å². The van der Waals surface area contributed by atoms with Crippen LogP contribution in [0, 0.1) is 6.92 Å². The van der Waals surface area contributed by atoms with Crippen LogP contribution < -0.4 is 5.32 Å². The zero-order chi connectivity index (χ0) is 11.0. The standard InChI is InChI=1S/C11H13N5/c1-7-12-5-4-10(13-7)14-11-6-9(15-16-11)8-2-3-8/h4-6,8H,2-3H2,1H3,(H2,12,13,14,15,16). The summed E-state index contributed by atoms with van der Waals surface area (Å²) < 4.78 is 0. The van der Waals surface area contributed by atoms with Crippen LogP contribution >= 0.6 is 0 Å². The van der Waals surface area contributed by atoms with Crippen LogP contribution in [0.3, 0.4) is 0 Å². The molecule has 5 heteroatoms. The maximum atomic E-state index is 4.26. The largest absolute Gasteiger partial charge is 0.323 e. The summed E-state index contributed by atoms with van der Waals surface area (Å²) in [6.45, 7) is 1.87. The van der Waals surface area contributed by atoms with Crippen molar-refractivity contribution in [2.45, 2.75) is 25.7 Å². The quantitative estimate of drug-likeness (QED) is 0.823. The van der Waals surface area contributed by atoms with Crippen LogP contribution in [0.4, 0.5) is 11.6 Å². The van der Waals surface area contributed by atoms with E-state index in [9.17, 15) is 0 Å². The molecule has 0 spiro atoms. The number of aryl methyl sites for hydroxylation is 1. The van der Waals surface area contributed by atoms with Crippen LogP contribution in [0.1, 0.15) is 30.3 Å². The molecule has 2 aromatic heterocycles. The predicted molar refractivity (Wildman–Crippen MR) is 60.6 cm³/mol. The van der Waals surface area contributed by atoms with Gasteiger partial charge in [-0.1, -0.05) is 0 Å². The van der Waals surface area contributed by atoms with Crippen molar-refractivity contribution in [2.24, 2.45) is 0 Å². The van der Waals surface area contributed by atoms with Gasteiger partial charge in [-0.05, 0) is 25.8 Å². The van der Waals surface area contributed by atoms with Crippen LogP contribution in [0.5, 0.6) is 0 Å². The fraction of sp³-hybridized carbons (Fsp3) is 0.364. The first-order valence-electron chi connectivity index (χ1n) is 5.43. The van der Waals surface area contributed by atoms with Crippen molar-refractivity contribution < 1.29 is 0 Å². The monoisotopic (exact) mass is 215 g/mol. The number of hydrogen-bond acceptors (Lipinski definition) is 4. The van der Waals surface area contributed by atoms with Gasteiger partial charge in [0.2, 0.25) is 0 Å². The van der Waals surface area contributed by atoms with Crippen molar-refractivity contribution in [2.75, 3.05) is 5.32 Å². The molecule has 1 aliphatic rings. The molecule has 16 heavy (non-hydrogen) atoms. The van der Waals surface area contributed by atoms with Crippen LogP contribution in [0.2, 0.25) is 0 Å². The second kappa shape index (κ2) is 3.59. The van der Waals surface area contributed by atoms with Crippen molar-refractivity contribution in [1.82, 2.24) is 20.2 Å². The molecule has 1 aliphatic carbocycles. The van der Waals surface area contributed by atoms with Crippen LogP contribution in [-0.2, 0) is 0 Å². The first-order chi connectivity index (χ1) is 7.81. The molecule has 2 aromatic rings. The third kappa shape index (κ3) is 1.88. The van der Waals surface area contributed by atoms with Gasteiger partial charge >= 0.3 is 0 Å². The topological polar surface area (TPSA) is 66.5 Å². The number of aromatic amines is 1. The molecule has 1 fully saturated rings. The molecule has 0 radical (unpaired) electrons. The normalized spacial score (nSPS) is 15.1. The first-order valence-corrected chi connectivity index (χ1v) is 5.43. The van der Waals surface area contributed by atoms with E-state index in [-0.39, 0.29) is 0 Å². The maximum absolute atomic E-state index is 4.26. The van der Waals surface area contributed by atoms with Gasteiger partial charge in [0.15, 0.2) is 5.82 Å². The molecule has 0 atom stereocenters. The van der Waals surface area contributed by atoms with E-state index in [0.29, 0.717) is 5.92 Å². The lowest BCUT2D eigenvalue weighted by molar-refractivity contribution is 0.965. The first kappa shape index (κ1) is 9.33. The average molecular weight is 215 g/mol. The predicted octanol–water partition coefficient (Wildman–Crippen LogP) is 2.13. The molecule has 0 aliphatic heterocycles. The molecule has 0 saturated heterocycles. The minimum atomic E-state index is 0.690. The lowest BCUT2D eigenvalue weighted by Crippen LogP contribution is -1.96. The van der Waals surface area contributed by atoms with Gasteiger partial charge in [-0.2, -0.15) is 5.10 Å². The zero-order valence-electron chi connectivity index (χ0n) is 9.07. The fourth-order valence-corrected chi connectivity index (χ4v) is 1.66. The maximum Gasteiger partial charge on any atom is 0.153 e. The summed E-state index contributed by atoms with van der Waals surface area (Å²) >= 11 is 0. The highest BCUT2D eigenvalue weighted by molar-refractivity contribution is 5.51. The van der Waals surface area contributed by atoms with E-state index < -0.39 is 0 Å². The zero-order valence-corrected chi connectivity index (χ0v) is 9.07. The number of rotatable bonds is 3. The van der Waals surface area contributed by atoms with Gasteiger partial charge in [0.05, 0.1) is 0 Å². The number of nitrogens with zero attached hydrogens (tertiary/aromatic N) is 3. The molecule has 0 amide bonds. The fourth-order valence-electron chi connectivity index (χ4n) is 1.66. The third-order valence-corrected chi connectivity index (χ3v) is 2.65. The summed E-state index contributed by atoms with van der Waals surface area (Å²) in [4.78, 5) is 8.31. The van der Waals surface area contributed by atoms with Gasteiger partial charge in [-0.3, -0.25) is 5.10 Å². The minimum Gasteiger partial charge on any atom is -0.323 e. The Morgan fingerprint density at radius 3 is 3.00 bits per heavy atom. The van der Waals surface area contributed by atoms with Gasteiger partial charge in [-0.25, -0.2) is 9.97 Å². The summed E-state index contributed by atoms with van der Waals surface area (Å²) in [7, 11) is 0. The smallest absolute Gasteiger partial charge is 0.153 e.